The molecule has 0 fully saturated rings. The third-order valence-electron chi connectivity index (χ3n) is 2.32. The molecule has 0 aliphatic rings. The maximum Gasteiger partial charge on any atom is 0.503 e. The lowest BCUT2D eigenvalue weighted by molar-refractivity contribution is 0.137. The van der Waals surface area contributed by atoms with Crippen LogP contribution in [-0.2, 0) is 0 Å². The molecule has 0 aliphatic carbocycles. The van der Waals surface area contributed by atoms with Gasteiger partial charge in [-0.15, -0.1) is 0 Å². The molecule has 5 nitrogen and oxygen atoms in total. The summed E-state index contributed by atoms with van der Waals surface area (Å²) in [6.45, 7) is 0. The predicted octanol–water partition coefficient (Wildman–Crippen LogP) is 2.94. The molecule has 0 amide bonds. The molecule has 3 rings (SSSR count). The molecule has 86 valence electrons. The summed E-state index contributed by atoms with van der Waals surface area (Å²) in [6.07, 6.45) is 1.94. The van der Waals surface area contributed by atoms with Crippen molar-refractivity contribution in [3.63, 3.8) is 0 Å². The average molecular weight is 230 g/mol. The molecule has 0 saturated carbocycles. The number of carboxylic acid groups (broad SMARTS) is 2. The van der Waals surface area contributed by atoms with E-state index in [0.717, 1.165) is 5.52 Å². The molecular weight excluding hydrogens is 220 g/mol. The van der Waals surface area contributed by atoms with Crippen molar-refractivity contribution < 1.29 is 15.0 Å². The van der Waals surface area contributed by atoms with Gasteiger partial charge in [0.05, 0.1) is 5.52 Å². The monoisotopic (exact) mass is 230 g/mol. The SMILES string of the molecule is O=C(O)O.c1cnc2ccc3[nH]ccc3c2c1. The minimum absolute atomic E-state index is 1.05. The van der Waals surface area contributed by atoms with Gasteiger partial charge in [-0.05, 0) is 24.3 Å². The zero-order valence-corrected chi connectivity index (χ0v) is 8.79. The molecule has 5 heteroatoms. The molecule has 0 aliphatic heterocycles. The Morgan fingerprint density at radius 3 is 2.65 bits per heavy atom. The number of carbonyl (C=O) groups is 1. The van der Waals surface area contributed by atoms with Gasteiger partial charge in [-0.25, -0.2) is 4.79 Å². The molecule has 3 aromatic rings. The molecule has 3 N–H and O–H groups in total. The summed E-state index contributed by atoms with van der Waals surface area (Å²) in [5.41, 5.74) is 2.22. The number of nitrogens with one attached hydrogen (secondary N) is 1. The van der Waals surface area contributed by atoms with Crippen molar-refractivity contribution in [2.24, 2.45) is 0 Å². The van der Waals surface area contributed by atoms with Crippen LogP contribution in [0.4, 0.5) is 4.79 Å². The number of benzene rings is 1. The van der Waals surface area contributed by atoms with Crippen LogP contribution in [0.25, 0.3) is 21.8 Å². The van der Waals surface area contributed by atoms with Gasteiger partial charge in [0.1, 0.15) is 0 Å². The van der Waals surface area contributed by atoms with Crippen LogP contribution >= 0.6 is 0 Å². The quantitative estimate of drug-likeness (QED) is 0.554. The van der Waals surface area contributed by atoms with Crippen molar-refractivity contribution in [3.8, 4) is 0 Å². The number of aromatic nitrogens is 2. The van der Waals surface area contributed by atoms with Crippen LogP contribution < -0.4 is 0 Å². The van der Waals surface area contributed by atoms with Crippen molar-refractivity contribution in [2.45, 2.75) is 0 Å². The number of hydrogen-bond donors (Lipinski definition) is 3. The lowest BCUT2D eigenvalue weighted by Crippen LogP contribution is -1.81. The van der Waals surface area contributed by atoms with E-state index >= 15 is 0 Å². The van der Waals surface area contributed by atoms with Crippen LogP contribution in [-0.4, -0.2) is 26.3 Å². The van der Waals surface area contributed by atoms with Crippen LogP contribution in [0.2, 0.25) is 0 Å². The van der Waals surface area contributed by atoms with Crippen LogP contribution in [0.15, 0.2) is 42.7 Å². The number of hydrogen-bond acceptors (Lipinski definition) is 2. The van der Waals surface area contributed by atoms with Crippen molar-refractivity contribution in [3.05, 3.63) is 42.7 Å². The second kappa shape index (κ2) is 4.52. The van der Waals surface area contributed by atoms with Gasteiger partial charge in [-0.3, -0.25) is 4.98 Å². The molecule has 0 bridgehead atoms. The first-order valence-electron chi connectivity index (χ1n) is 4.91. The first-order valence-corrected chi connectivity index (χ1v) is 4.91. The lowest BCUT2D eigenvalue weighted by atomic mass is 10.1. The Labute approximate surface area is 96.3 Å². The molecule has 2 aromatic heterocycles. The largest absolute Gasteiger partial charge is 0.503 e. The van der Waals surface area contributed by atoms with Crippen molar-refractivity contribution in [2.75, 3.05) is 0 Å². The topological polar surface area (TPSA) is 86.2 Å². The highest BCUT2D eigenvalue weighted by molar-refractivity contribution is 6.04. The molecule has 0 spiro atoms. The van der Waals surface area contributed by atoms with Gasteiger partial charge in [-0.2, -0.15) is 0 Å². The number of H-pyrrole nitrogens is 1. The Hall–Kier alpha value is -2.56. The lowest BCUT2D eigenvalue weighted by Gasteiger charge is -1.96. The zero-order valence-electron chi connectivity index (χ0n) is 8.79. The van der Waals surface area contributed by atoms with E-state index in [2.05, 4.69) is 28.2 Å². The van der Waals surface area contributed by atoms with E-state index in [0.29, 0.717) is 0 Å². The number of rotatable bonds is 0. The Kier molecular flexibility index (Phi) is 2.91. The van der Waals surface area contributed by atoms with Crippen LogP contribution in [0.5, 0.6) is 0 Å². The standard InChI is InChI=1S/C11H8N2.CH2O3/c1-2-8-9-5-7-13-11(9)4-3-10(8)12-6-1;2-1(3)4/h1-7,13H;(H2,2,3,4). The van der Waals surface area contributed by atoms with Gasteiger partial charge in [-0.1, -0.05) is 6.07 Å². The van der Waals surface area contributed by atoms with Crippen LogP contribution in [0.1, 0.15) is 0 Å². The van der Waals surface area contributed by atoms with E-state index in [4.69, 9.17) is 15.0 Å². The minimum Gasteiger partial charge on any atom is -0.450 e. The Morgan fingerprint density at radius 2 is 1.88 bits per heavy atom. The van der Waals surface area contributed by atoms with Crippen molar-refractivity contribution in [1.82, 2.24) is 9.97 Å². The highest BCUT2D eigenvalue weighted by Crippen LogP contribution is 2.22. The van der Waals surface area contributed by atoms with Crippen molar-refractivity contribution in [1.29, 1.82) is 0 Å². The average Bonchev–Trinajstić information content (AvgIpc) is 2.76. The van der Waals surface area contributed by atoms with Crippen LogP contribution in [0.3, 0.4) is 0 Å². The molecular formula is C12H10N2O3. The first kappa shape index (κ1) is 10.9. The number of nitrogens with zero attached hydrogens (tertiary/aromatic N) is 1. The summed E-state index contributed by atoms with van der Waals surface area (Å²) in [4.78, 5) is 16.0. The zero-order chi connectivity index (χ0) is 12.3. The van der Waals surface area contributed by atoms with Gasteiger partial charge in [0.15, 0.2) is 0 Å². The fraction of sp³-hybridized carbons (Fsp3) is 0. The second-order valence-electron chi connectivity index (χ2n) is 3.36. The molecule has 1 aromatic carbocycles. The van der Waals surface area contributed by atoms with E-state index in [1.165, 1.54) is 16.3 Å². The van der Waals surface area contributed by atoms with Crippen LogP contribution in [0, 0.1) is 0 Å². The normalized spacial score (nSPS) is 9.88. The van der Waals surface area contributed by atoms with E-state index in [-0.39, 0.29) is 0 Å². The fourth-order valence-electron chi connectivity index (χ4n) is 1.70. The maximum absolute atomic E-state index is 8.56. The van der Waals surface area contributed by atoms with Gasteiger partial charge in [0.2, 0.25) is 0 Å². The third kappa shape index (κ3) is 2.34. The van der Waals surface area contributed by atoms with Gasteiger partial charge in [0, 0.05) is 28.7 Å². The summed E-state index contributed by atoms with van der Waals surface area (Å²) in [5, 5.41) is 16.4. The molecule has 0 unspecified atom stereocenters. The molecule has 17 heavy (non-hydrogen) atoms. The highest BCUT2D eigenvalue weighted by Gasteiger charge is 1.99. The summed E-state index contributed by atoms with van der Waals surface area (Å²) < 4.78 is 0. The number of aromatic amines is 1. The Bertz CT molecular complexity index is 657. The summed E-state index contributed by atoms with van der Waals surface area (Å²) >= 11 is 0. The van der Waals surface area contributed by atoms with E-state index in [1.54, 1.807) is 0 Å². The molecule has 0 saturated heterocycles. The number of pyridine rings is 1. The summed E-state index contributed by atoms with van der Waals surface area (Å²) in [5.74, 6) is 0. The highest BCUT2D eigenvalue weighted by atomic mass is 16.6. The Morgan fingerprint density at radius 1 is 1.12 bits per heavy atom. The predicted molar refractivity (Wildman–Crippen MR) is 64.3 cm³/mol. The van der Waals surface area contributed by atoms with E-state index in [1.807, 2.05) is 24.5 Å². The van der Waals surface area contributed by atoms with Gasteiger partial charge >= 0.3 is 6.16 Å². The maximum atomic E-state index is 8.56. The molecule has 0 radical (unpaired) electrons. The second-order valence-corrected chi connectivity index (χ2v) is 3.36. The van der Waals surface area contributed by atoms with Gasteiger partial charge < -0.3 is 15.2 Å². The summed E-state index contributed by atoms with van der Waals surface area (Å²) in [6, 6.07) is 10.2. The number of fused-ring (bicyclic) bond motifs is 3. The smallest absolute Gasteiger partial charge is 0.450 e. The fourth-order valence-corrected chi connectivity index (χ4v) is 1.70. The molecule has 2 heterocycles. The van der Waals surface area contributed by atoms with Crippen molar-refractivity contribution >= 4 is 28.0 Å². The summed E-state index contributed by atoms with van der Waals surface area (Å²) in [7, 11) is 0. The van der Waals surface area contributed by atoms with Gasteiger partial charge in [0.25, 0.3) is 0 Å². The third-order valence-corrected chi connectivity index (χ3v) is 2.32. The Balaban J connectivity index is 0.000000239. The van der Waals surface area contributed by atoms with E-state index in [9.17, 15) is 0 Å². The first-order chi connectivity index (χ1) is 8.18. The van der Waals surface area contributed by atoms with E-state index < -0.39 is 6.16 Å². The minimum atomic E-state index is -1.83. The molecule has 0 atom stereocenters.